The predicted octanol–water partition coefficient (Wildman–Crippen LogP) is 5.55. The number of alkyl carbamates (subject to hydrolysis) is 2. The summed E-state index contributed by atoms with van der Waals surface area (Å²) < 4.78 is 41.0. The number of likely N-dealkylation sites (tertiary alicyclic amines) is 2. The lowest BCUT2D eigenvalue weighted by atomic mass is 9.93. The van der Waals surface area contributed by atoms with Gasteiger partial charge in [0, 0.05) is 49.6 Å². The molecule has 3 aliphatic rings. The number of methoxy groups -OCH3 is 2. The molecule has 0 aliphatic carbocycles. The minimum absolute atomic E-state index is 0.0805. The van der Waals surface area contributed by atoms with Gasteiger partial charge in [0.1, 0.15) is 41.1 Å². The number of rotatable bonds is 11. The maximum absolute atomic E-state index is 15.8. The van der Waals surface area contributed by atoms with E-state index in [0.717, 1.165) is 25.0 Å². The average molecular weight is 782 g/mol. The number of aromatic nitrogens is 4. The van der Waals surface area contributed by atoms with Crippen molar-refractivity contribution in [1.82, 2.24) is 40.4 Å². The van der Waals surface area contributed by atoms with E-state index in [2.05, 4.69) is 30.6 Å². The van der Waals surface area contributed by atoms with Crippen molar-refractivity contribution in [2.45, 2.75) is 96.3 Å². The van der Waals surface area contributed by atoms with E-state index in [-0.39, 0.29) is 47.3 Å². The Morgan fingerprint density at radius 1 is 0.732 bits per heavy atom. The Labute approximate surface area is 325 Å². The van der Waals surface area contributed by atoms with E-state index in [1.807, 2.05) is 27.7 Å². The van der Waals surface area contributed by atoms with E-state index in [1.165, 1.54) is 32.5 Å². The van der Waals surface area contributed by atoms with Crippen molar-refractivity contribution in [2.24, 2.45) is 11.8 Å². The molecule has 0 saturated carbocycles. The van der Waals surface area contributed by atoms with E-state index in [0.29, 0.717) is 68.3 Å². The van der Waals surface area contributed by atoms with Crippen LogP contribution in [0, 0.1) is 23.5 Å². The Balaban J connectivity index is 1.09. The third-order valence-electron chi connectivity index (χ3n) is 11.3. The Kier molecular flexibility index (Phi) is 12.5. The van der Waals surface area contributed by atoms with Crippen LogP contribution >= 0.6 is 0 Å². The second-order valence-electron chi connectivity index (χ2n) is 15.6. The molecule has 4 atom stereocenters. The fourth-order valence-electron chi connectivity index (χ4n) is 8.20. The zero-order valence-corrected chi connectivity index (χ0v) is 32.9. The Morgan fingerprint density at radius 3 is 1.70 bits per heavy atom. The molecule has 15 nitrogen and oxygen atoms in total. The number of halogens is 2. The lowest BCUT2D eigenvalue weighted by Gasteiger charge is -2.33. The number of ether oxygens (including phenoxy) is 2. The highest BCUT2D eigenvalue weighted by molar-refractivity contribution is 5.87. The molecule has 304 valence electrons. The van der Waals surface area contributed by atoms with E-state index in [9.17, 15) is 19.2 Å². The number of nitrogens with zero attached hydrogens (tertiary/aromatic N) is 5. The monoisotopic (exact) mass is 781 g/mol. The van der Waals surface area contributed by atoms with Gasteiger partial charge in [-0.05, 0) is 62.5 Å². The van der Waals surface area contributed by atoms with Gasteiger partial charge >= 0.3 is 12.2 Å². The highest BCUT2D eigenvalue weighted by Gasteiger charge is 2.39. The largest absolute Gasteiger partial charge is 0.453 e. The quantitative estimate of drug-likeness (QED) is 0.194. The molecule has 0 radical (unpaired) electrons. The zero-order valence-electron chi connectivity index (χ0n) is 32.9. The van der Waals surface area contributed by atoms with Gasteiger partial charge in [-0.1, -0.05) is 27.7 Å². The van der Waals surface area contributed by atoms with E-state index in [4.69, 9.17) is 9.47 Å². The van der Waals surface area contributed by atoms with E-state index >= 15 is 8.78 Å². The first-order valence-electron chi connectivity index (χ1n) is 19.4. The standard InChI is InChI=1S/C39H53F2N9O6/c1-21(2)31(46-38(53)55-5)36(51)49-13-7-9-29(49)34-42-19-27(44-34)23-11-15-48(16-12-23)33-25(40)17-24(18-26(33)41)28-20-43-35(45-28)30-10-8-14-50(30)37(52)32(22(3)4)47-39(54)56-6/h17-23,29-32H,7-16H2,1-6H3,(H,42,44)(H,43,45)(H,46,53)(H,47,54)/t29-,30-,31-,32-/m0/s1. The van der Waals surface area contributed by atoms with Gasteiger partial charge in [0.15, 0.2) is 0 Å². The molecule has 3 fully saturated rings. The van der Waals surface area contributed by atoms with Crippen molar-refractivity contribution in [3.05, 3.63) is 53.5 Å². The van der Waals surface area contributed by atoms with Gasteiger partial charge in [0.2, 0.25) is 11.8 Å². The molecule has 56 heavy (non-hydrogen) atoms. The van der Waals surface area contributed by atoms with Crippen molar-refractivity contribution in [3.63, 3.8) is 0 Å². The predicted molar refractivity (Wildman–Crippen MR) is 202 cm³/mol. The zero-order chi connectivity index (χ0) is 40.3. The summed E-state index contributed by atoms with van der Waals surface area (Å²) in [6.07, 6.45) is 6.18. The summed E-state index contributed by atoms with van der Waals surface area (Å²) in [5.74, 6) is -0.839. The van der Waals surface area contributed by atoms with Gasteiger partial charge in [-0.3, -0.25) is 9.59 Å². The summed E-state index contributed by atoms with van der Waals surface area (Å²) in [5.41, 5.74) is 1.56. The smallest absolute Gasteiger partial charge is 0.407 e. The maximum Gasteiger partial charge on any atom is 0.407 e. The molecule has 3 saturated heterocycles. The summed E-state index contributed by atoms with van der Waals surface area (Å²) in [7, 11) is 2.51. The number of nitrogens with one attached hydrogen (secondary N) is 4. The average Bonchev–Trinajstić information content (AvgIpc) is 4.01. The summed E-state index contributed by atoms with van der Waals surface area (Å²) in [6.45, 7) is 9.32. The van der Waals surface area contributed by atoms with Crippen molar-refractivity contribution in [2.75, 3.05) is 45.3 Å². The van der Waals surface area contributed by atoms with Gasteiger partial charge < -0.3 is 44.8 Å². The number of imidazole rings is 2. The molecule has 3 aromatic rings. The number of aromatic amines is 2. The molecule has 4 amide bonds. The lowest BCUT2D eigenvalue weighted by molar-refractivity contribution is -0.136. The van der Waals surface area contributed by atoms with E-state index in [1.54, 1.807) is 20.9 Å². The first-order valence-corrected chi connectivity index (χ1v) is 19.4. The highest BCUT2D eigenvalue weighted by Crippen LogP contribution is 2.38. The maximum atomic E-state index is 15.8. The number of anilines is 1. The number of carbonyl (C=O) groups excluding carboxylic acids is 4. The van der Waals surface area contributed by atoms with Crippen molar-refractivity contribution in [1.29, 1.82) is 0 Å². The van der Waals surface area contributed by atoms with Crippen LogP contribution in [0.1, 0.15) is 102 Å². The Bertz CT molecular complexity index is 1870. The Hall–Kier alpha value is -5.22. The summed E-state index contributed by atoms with van der Waals surface area (Å²) >= 11 is 0. The van der Waals surface area contributed by atoms with Crippen LogP contribution in [0.5, 0.6) is 0 Å². The molecular formula is C39H53F2N9O6. The molecule has 0 bridgehead atoms. The first-order chi connectivity index (χ1) is 26.8. The van der Waals surface area contributed by atoms with Gasteiger partial charge in [-0.2, -0.15) is 0 Å². The lowest BCUT2D eigenvalue weighted by Crippen LogP contribution is -2.51. The molecular weight excluding hydrogens is 728 g/mol. The molecule has 3 aliphatic heterocycles. The van der Waals surface area contributed by atoms with Crippen molar-refractivity contribution in [3.8, 4) is 11.3 Å². The summed E-state index contributed by atoms with van der Waals surface area (Å²) in [6, 6.07) is 0.457. The van der Waals surface area contributed by atoms with Crippen LogP contribution in [-0.4, -0.2) is 106 Å². The fourth-order valence-corrected chi connectivity index (χ4v) is 8.20. The third kappa shape index (κ3) is 8.45. The number of benzene rings is 1. The molecule has 6 rings (SSSR count). The molecule has 17 heteroatoms. The number of piperidine rings is 1. The highest BCUT2D eigenvalue weighted by atomic mass is 19.1. The molecule has 5 heterocycles. The van der Waals surface area contributed by atoms with Crippen LogP contribution < -0.4 is 15.5 Å². The first kappa shape index (κ1) is 40.4. The minimum atomic E-state index is -0.780. The fraction of sp³-hybridized carbons (Fsp3) is 0.590. The van der Waals surface area contributed by atoms with Crippen molar-refractivity contribution < 1.29 is 37.4 Å². The molecule has 0 unspecified atom stereocenters. The molecule has 1 aromatic carbocycles. The van der Waals surface area contributed by atoms with Crippen LogP contribution in [0.4, 0.5) is 24.1 Å². The van der Waals surface area contributed by atoms with Crippen LogP contribution in [-0.2, 0) is 19.1 Å². The summed E-state index contributed by atoms with van der Waals surface area (Å²) in [4.78, 5) is 71.9. The van der Waals surface area contributed by atoms with E-state index < -0.39 is 35.9 Å². The third-order valence-corrected chi connectivity index (χ3v) is 11.3. The number of carbonyl (C=O) groups is 4. The van der Waals surface area contributed by atoms with Gasteiger partial charge in [-0.15, -0.1) is 0 Å². The number of hydrogen-bond acceptors (Lipinski definition) is 9. The number of hydrogen-bond donors (Lipinski definition) is 4. The number of amides is 4. The Morgan fingerprint density at radius 2 is 1.21 bits per heavy atom. The molecule has 4 N–H and O–H groups in total. The van der Waals surface area contributed by atoms with Gasteiger partial charge in [0.05, 0.1) is 38.2 Å². The van der Waals surface area contributed by atoms with Crippen LogP contribution in [0.3, 0.4) is 0 Å². The van der Waals surface area contributed by atoms with Gasteiger partial charge in [-0.25, -0.2) is 28.3 Å². The van der Waals surface area contributed by atoms with Crippen molar-refractivity contribution >= 4 is 29.7 Å². The van der Waals surface area contributed by atoms with Crippen LogP contribution in [0.25, 0.3) is 11.3 Å². The van der Waals surface area contributed by atoms with Crippen LogP contribution in [0.2, 0.25) is 0 Å². The topological polar surface area (TPSA) is 178 Å². The van der Waals surface area contributed by atoms with Crippen LogP contribution in [0.15, 0.2) is 24.5 Å². The van der Waals surface area contributed by atoms with Gasteiger partial charge in [0.25, 0.3) is 0 Å². The second-order valence-corrected chi connectivity index (χ2v) is 15.6. The molecule has 2 aromatic heterocycles. The minimum Gasteiger partial charge on any atom is -0.453 e. The second kappa shape index (κ2) is 17.3. The summed E-state index contributed by atoms with van der Waals surface area (Å²) in [5, 5.41) is 5.30. The normalized spacial score (nSPS) is 20.1. The molecule has 0 spiro atoms. The number of H-pyrrole nitrogens is 2. The SMILES string of the molecule is COC(=O)N[C@H](C(=O)N1CCC[C@H]1c1ncc(-c2cc(F)c(N3CCC(c4cnc([C@@H]5CCCN5C(=O)[C@@H](NC(=O)OC)C(C)C)[nH]4)CC3)c(F)c2)[nH]1)C(C)C.